The first-order chi connectivity index (χ1) is 9.39. The van der Waals surface area contributed by atoms with Gasteiger partial charge in [-0.25, -0.2) is 0 Å². The van der Waals surface area contributed by atoms with Gasteiger partial charge in [-0.15, -0.1) is 0 Å². The van der Waals surface area contributed by atoms with Crippen molar-refractivity contribution in [2.75, 3.05) is 12.4 Å². The van der Waals surface area contributed by atoms with Crippen LogP contribution in [0.5, 0.6) is 0 Å². The summed E-state index contributed by atoms with van der Waals surface area (Å²) in [5.41, 5.74) is -0.461. The lowest BCUT2D eigenvalue weighted by atomic mass is 9.80. The minimum atomic E-state index is -0.461. The first-order valence-electron chi connectivity index (χ1n) is 7.96. The average molecular weight is 301 g/mol. The van der Waals surface area contributed by atoms with Crippen LogP contribution in [0.15, 0.2) is 0 Å². The van der Waals surface area contributed by atoms with Crippen molar-refractivity contribution < 1.29 is 9.53 Å². The van der Waals surface area contributed by atoms with Gasteiger partial charge in [-0.05, 0) is 58.1 Å². The molecule has 0 aliphatic heterocycles. The van der Waals surface area contributed by atoms with E-state index in [0.717, 1.165) is 19.3 Å². The molecule has 1 aliphatic rings. The zero-order chi connectivity index (χ0) is 15.2. The molecule has 0 aromatic rings. The highest BCUT2D eigenvalue weighted by Gasteiger charge is 2.44. The smallest absolute Gasteiger partial charge is 0.326 e. The second-order valence-electron chi connectivity index (χ2n) is 6.55. The third kappa shape index (κ3) is 5.28. The summed E-state index contributed by atoms with van der Waals surface area (Å²) in [6, 6.07) is 0.299. The van der Waals surface area contributed by atoms with Crippen molar-refractivity contribution in [1.29, 1.82) is 0 Å². The van der Waals surface area contributed by atoms with E-state index in [-0.39, 0.29) is 5.97 Å². The van der Waals surface area contributed by atoms with E-state index in [2.05, 4.69) is 33.0 Å². The van der Waals surface area contributed by atoms with Crippen molar-refractivity contribution in [2.24, 2.45) is 5.92 Å². The summed E-state index contributed by atoms with van der Waals surface area (Å²) in [5, 5.41) is 4.08. The lowest BCUT2D eigenvalue weighted by molar-refractivity contribution is -0.153. The topological polar surface area (TPSA) is 38.3 Å². The molecule has 4 heteroatoms. The predicted molar refractivity (Wildman–Crippen MR) is 87.2 cm³/mol. The molecule has 1 N–H and O–H groups in total. The van der Waals surface area contributed by atoms with Crippen molar-refractivity contribution >= 4 is 17.7 Å². The Morgan fingerprint density at radius 2 is 2.10 bits per heavy atom. The minimum absolute atomic E-state index is 0.0523. The lowest BCUT2D eigenvalue weighted by Gasteiger charge is -2.40. The highest BCUT2D eigenvalue weighted by Crippen LogP contribution is 2.37. The van der Waals surface area contributed by atoms with Gasteiger partial charge in [-0.1, -0.05) is 13.8 Å². The van der Waals surface area contributed by atoms with Gasteiger partial charge < -0.3 is 4.74 Å². The predicted octanol–water partition coefficient (Wildman–Crippen LogP) is 3.62. The molecule has 0 heterocycles. The maximum absolute atomic E-state index is 12.4. The molecule has 3 nitrogen and oxygen atoms in total. The SMILES string of the molecule is CCOC(=O)C1(NC(C)C)CCCC(SCC(C)C)C1. The zero-order valence-corrected chi connectivity index (χ0v) is 14.5. The third-order valence-corrected chi connectivity index (χ3v) is 5.34. The van der Waals surface area contributed by atoms with Crippen molar-refractivity contribution in [3.8, 4) is 0 Å². The van der Waals surface area contributed by atoms with E-state index in [1.807, 2.05) is 18.7 Å². The molecule has 0 bridgehead atoms. The quantitative estimate of drug-likeness (QED) is 0.729. The normalized spacial score (nSPS) is 27.1. The summed E-state index contributed by atoms with van der Waals surface area (Å²) in [4.78, 5) is 12.4. The summed E-state index contributed by atoms with van der Waals surface area (Å²) < 4.78 is 5.35. The number of carbonyl (C=O) groups excluding carboxylic acids is 1. The number of nitrogens with one attached hydrogen (secondary N) is 1. The van der Waals surface area contributed by atoms with Gasteiger partial charge in [-0.2, -0.15) is 11.8 Å². The van der Waals surface area contributed by atoms with E-state index in [1.165, 1.54) is 12.2 Å². The lowest BCUT2D eigenvalue weighted by Crippen LogP contribution is -2.58. The van der Waals surface area contributed by atoms with Crippen LogP contribution in [0, 0.1) is 5.92 Å². The Labute approximate surface area is 128 Å². The number of rotatable bonds is 7. The van der Waals surface area contributed by atoms with Gasteiger partial charge in [0.25, 0.3) is 0 Å². The van der Waals surface area contributed by atoms with E-state index in [4.69, 9.17) is 4.74 Å². The second-order valence-corrected chi connectivity index (χ2v) is 7.88. The van der Waals surface area contributed by atoms with E-state index < -0.39 is 5.54 Å². The Kier molecular flexibility index (Phi) is 7.38. The van der Waals surface area contributed by atoms with Gasteiger partial charge in [0.05, 0.1) is 6.61 Å². The summed E-state index contributed by atoms with van der Waals surface area (Å²) in [6.07, 6.45) is 4.14. The van der Waals surface area contributed by atoms with E-state index >= 15 is 0 Å². The Morgan fingerprint density at radius 3 is 2.65 bits per heavy atom. The van der Waals surface area contributed by atoms with Crippen LogP contribution in [0.4, 0.5) is 0 Å². The number of ether oxygens (including phenoxy) is 1. The van der Waals surface area contributed by atoms with Crippen LogP contribution in [0.25, 0.3) is 0 Å². The maximum Gasteiger partial charge on any atom is 0.326 e. The molecule has 2 unspecified atom stereocenters. The largest absolute Gasteiger partial charge is 0.465 e. The molecule has 0 radical (unpaired) electrons. The molecule has 0 aromatic carbocycles. The first kappa shape index (κ1) is 17.8. The van der Waals surface area contributed by atoms with Crippen molar-refractivity contribution in [3.05, 3.63) is 0 Å². The molecule has 1 fully saturated rings. The Bertz CT molecular complexity index is 307. The van der Waals surface area contributed by atoms with Crippen LogP contribution >= 0.6 is 11.8 Å². The Morgan fingerprint density at radius 1 is 1.40 bits per heavy atom. The monoisotopic (exact) mass is 301 g/mol. The van der Waals surface area contributed by atoms with E-state index in [0.29, 0.717) is 23.8 Å². The molecule has 20 heavy (non-hydrogen) atoms. The average Bonchev–Trinajstić information content (AvgIpc) is 2.36. The van der Waals surface area contributed by atoms with Gasteiger partial charge in [0, 0.05) is 11.3 Å². The van der Waals surface area contributed by atoms with Crippen molar-refractivity contribution in [1.82, 2.24) is 5.32 Å². The standard InChI is InChI=1S/C16H31NO2S/c1-6-19-15(18)16(17-13(4)5)9-7-8-14(10-16)20-11-12(2)3/h12-14,17H,6-11H2,1-5H3. The van der Waals surface area contributed by atoms with Crippen LogP contribution in [0.2, 0.25) is 0 Å². The molecule has 0 aromatic heterocycles. The van der Waals surface area contributed by atoms with Gasteiger partial charge >= 0.3 is 5.97 Å². The fourth-order valence-corrected chi connectivity index (χ4v) is 4.29. The Balaban J connectivity index is 2.73. The fraction of sp³-hybridized carbons (Fsp3) is 0.938. The molecule has 1 saturated carbocycles. The number of thioether (sulfide) groups is 1. The summed E-state index contributed by atoms with van der Waals surface area (Å²) in [5.74, 6) is 1.83. The summed E-state index contributed by atoms with van der Waals surface area (Å²) in [7, 11) is 0. The number of esters is 1. The summed E-state index contributed by atoms with van der Waals surface area (Å²) >= 11 is 2.02. The highest BCUT2D eigenvalue weighted by atomic mass is 32.2. The molecule has 118 valence electrons. The number of carbonyl (C=O) groups is 1. The number of hydrogen-bond acceptors (Lipinski definition) is 4. The van der Waals surface area contributed by atoms with Crippen LogP contribution in [-0.2, 0) is 9.53 Å². The molecule has 0 saturated heterocycles. The summed E-state index contributed by atoms with van der Waals surface area (Å²) in [6.45, 7) is 11.1. The second kappa shape index (κ2) is 8.28. The molecular weight excluding hydrogens is 270 g/mol. The Hall–Kier alpha value is -0.220. The van der Waals surface area contributed by atoms with Gasteiger partial charge in [-0.3, -0.25) is 10.1 Å². The molecule has 1 rings (SSSR count). The number of hydrogen-bond donors (Lipinski definition) is 1. The minimum Gasteiger partial charge on any atom is -0.465 e. The molecule has 0 amide bonds. The van der Waals surface area contributed by atoms with Crippen LogP contribution in [0.1, 0.15) is 60.3 Å². The third-order valence-electron chi connectivity index (χ3n) is 3.60. The molecule has 2 atom stereocenters. The van der Waals surface area contributed by atoms with Crippen molar-refractivity contribution in [3.63, 3.8) is 0 Å². The van der Waals surface area contributed by atoms with E-state index in [9.17, 15) is 4.79 Å². The zero-order valence-electron chi connectivity index (χ0n) is 13.7. The van der Waals surface area contributed by atoms with Gasteiger partial charge in [0.2, 0.25) is 0 Å². The van der Waals surface area contributed by atoms with Crippen LogP contribution in [-0.4, -0.2) is 35.2 Å². The van der Waals surface area contributed by atoms with Gasteiger partial charge in [0.1, 0.15) is 5.54 Å². The molecule has 0 spiro atoms. The van der Waals surface area contributed by atoms with Crippen LogP contribution in [0.3, 0.4) is 0 Å². The first-order valence-corrected chi connectivity index (χ1v) is 9.01. The fourth-order valence-electron chi connectivity index (χ4n) is 2.89. The van der Waals surface area contributed by atoms with E-state index in [1.54, 1.807) is 0 Å². The van der Waals surface area contributed by atoms with Crippen molar-refractivity contribution in [2.45, 2.75) is 77.1 Å². The van der Waals surface area contributed by atoms with Gasteiger partial charge in [0.15, 0.2) is 0 Å². The highest BCUT2D eigenvalue weighted by molar-refractivity contribution is 7.99. The molecule has 1 aliphatic carbocycles. The molecular formula is C16H31NO2S. The van der Waals surface area contributed by atoms with Crippen LogP contribution < -0.4 is 5.32 Å². The maximum atomic E-state index is 12.4.